The Kier molecular flexibility index (Phi) is 4.25. The quantitative estimate of drug-likeness (QED) is 0.727. The number of rotatable bonds is 5. The molecule has 20 heavy (non-hydrogen) atoms. The van der Waals surface area contributed by atoms with Crippen molar-refractivity contribution in [2.24, 2.45) is 5.41 Å². The summed E-state index contributed by atoms with van der Waals surface area (Å²) in [4.78, 5) is 0.190. The second-order valence-electron chi connectivity index (χ2n) is 5.83. The van der Waals surface area contributed by atoms with E-state index in [0.29, 0.717) is 11.1 Å². The Morgan fingerprint density at radius 2 is 1.95 bits per heavy atom. The number of anilines is 2. The molecule has 0 spiro atoms. The van der Waals surface area contributed by atoms with Crippen LogP contribution in [0.15, 0.2) is 23.1 Å². The van der Waals surface area contributed by atoms with Gasteiger partial charge in [-0.05, 0) is 43.5 Å². The zero-order valence-corrected chi connectivity index (χ0v) is 12.9. The molecule has 1 aliphatic rings. The molecule has 0 atom stereocenters. The van der Waals surface area contributed by atoms with E-state index >= 15 is 0 Å². The second-order valence-corrected chi connectivity index (χ2v) is 7.71. The van der Waals surface area contributed by atoms with Crippen molar-refractivity contribution in [2.75, 3.05) is 24.6 Å². The monoisotopic (exact) mass is 297 g/mol. The lowest BCUT2D eigenvalue weighted by Gasteiger charge is -2.25. The van der Waals surface area contributed by atoms with Gasteiger partial charge in [-0.15, -0.1) is 0 Å². The summed E-state index contributed by atoms with van der Waals surface area (Å²) in [6.07, 6.45) is 5.03. The van der Waals surface area contributed by atoms with Gasteiger partial charge in [0.25, 0.3) is 0 Å². The summed E-state index contributed by atoms with van der Waals surface area (Å²) in [6.45, 7) is 3.15. The van der Waals surface area contributed by atoms with Crippen LogP contribution in [0.2, 0.25) is 0 Å². The van der Waals surface area contributed by atoms with Crippen molar-refractivity contribution >= 4 is 21.4 Å². The maximum absolute atomic E-state index is 11.7. The Balaban J connectivity index is 2.10. The van der Waals surface area contributed by atoms with E-state index in [2.05, 4.69) is 17.0 Å². The van der Waals surface area contributed by atoms with Crippen molar-refractivity contribution in [3.8, 4) is 0 Å². The Bertz CT molecular complexity index is 578. The largest absolute Gasteiger partial charge is 0.397 e. The minimum atomic E-state index is -3.44. The molecule has 6 heteroatoms. The fourth-order valence-corrected chi connectivity index (χ4v) is 3.47. The van der Waals surface area contributed by atoms with E-state index in [4.69, 9.17) is 5.73 Å². The smallest absolute Gasteiger partial charge is 0.240 e. The number of nitrogens with one attached hydrogen (secondary N) is 2. The van der Waals surface area contributed by atoms with Crippen LogP contribution in [-0.2, 0) is 10.0 Å². The average Bonchev–Trinajstić information content (AvgIpc) is 2.84. The van der Waals surface area contributed by atoms with Crippen LogP contribution in [0.3, 0.4) is 0 Å². The minimum Gasteiger partial charge on any atom is -0.397 e. The van der Waals surface area contributed by atoms with Crippen LogP contribution < -0.4 is 15.8 Å². The molecule has 2 rings (SSSR count). The molecular formula is C14H23N3O2S. The topological polar surface area (TPSA) is 84.2 Å². The maximum atomic E-state index is 11.7. The molecule has 0 unspecified atom stereocenters. The second kappa shape index (κ2) is 5.61. The molecule has 0 radical (unpaired) electrons. The van der Waals surface area contributed by atoms with E-state index in [1.54, 1.807) is 12.1 Å². The molecular weight excluding hydrogens is 274 g/mol. The van der Waals surface area contributed by atoms with Gasteiger partial charge in [-0.2, -0.15) is 0 Å². The Morgan fingerprint density at radius 1 is 1.30 bits per heavy atom. The van der Waals surface area contributed by atoms with E-state index in [1.165, 1.54) is 38.8 Å². The van der Waals surface area contributed by atoms with Crippen LogP contribution in [0.4, 0.5) is 11.4 Å². The van der Waals surface area contributed by atoms with Gasteiger partial charge in [0.2, 0.25) is 10.0 Å². The highest BCUT2D eigenvalue weighted by Crippen LogP contribution is 2.38. The third-order valence-corrected chi connectivity index (χ3v) is 5.53. The van der Waals surface area contributed by atoms with Gasteiger partial charge in [0, 0.05) is 6.54 Å². The van der Waals surface area contributed by atoms with Crippen LogP contribution >= 0.6 is 0 Å². The molecule has 1 aliphatic carbocycles. The van der Waals surface area contributed by atoms with Crippen LogP contribution in [0.5, 0.6) is 0 Å². The molecule has 1 saturated carbocycles. The zero-order chi connectivity index (χ0) is 14.8. The van der Waals surface area contributed by atoms with Gasteiger partial charge in [-0.25, -0.2) is 13.1 Å². The van der Waals surface area contributed by atoms with E-state index in [1.807, 2.05) is 0 Å². The fourth-order valence-electron chi connectivity index (χ4n) is 2.70. The van der Waals surface area contributed by atoms with E-state index in [0.717, 1.165) is 12.2 Å². The molecule has 0 saturated heterocycles. The molecule has 5 nitrogen and oxygen atoms in total. The lowest BCUT2D eigenvalue weighted by atomic mass is 9.89. The predicted molar refractivity (Wildman–Crippen MR) is 82.2 cm³/mol. The van der Waals surface area contributed by atoms with Gasteiger partial charge in [0.1, 0.15) is 0 Å². The summed E-state index contributed by atoms with van der Waals surface area (Å²) in [5.74, 6) is 0. The summed E-state index contributed by atoms with van der Waals surface area (Å²) in [5.41, 5.74) is 7.53. The molecule has 1 aromatic rings. The lowest BCUT2D eigenvalue weighted by molar-refractivity contribution is 0.362. The van der Waals surface area contributed by atoms with Crippen LogP contribution in [0.1, 0.15) is 32.6 Å². The van der Waals surface area contributed by atoms with Gasteiger partial charge in [-0.3, -0.25) is 0 Å². The normalized spacial score (nSPS) is 18.1. The summed E-state index contributed by atoms with van der Waals surface area (Å²) in [6, 6.07) is 4.80. The standard InChI is InChI=1S/C14H23N3O2S/c1-14(7-3-4-8-14)10-17-13-6-5-11(9-12(13)15)20(18,19)16-2/h5-6,9,16-17H,3-4,7-8,10,15H2,1-2H3. The molecule has 0 aliphatic heterocycles. The summed E-state index contributed by atoms with van der Waals surface area (Å²) >= 11 is 0. The van der Waals surface area contributed by atoms with Gasteiger partial charge in [-0.1, -0.05) is 19.8 Å². The van der Waals surface area contributed by atoms with Gasteiger partial charge < -0.3 is 11.1 Å². The third-order valence-electron chi connectivity index (χ3n) is 4.12. The first-order valence-electron chi connectivity index (χ1n) is 6.93. The molecule has 112 valence electrons. The Labute approximate surface area is 121 Å². The highest BCUT2D eigenvalue weighted by Gasteiger charge is 2.28. The predicted octanol–water partition coefficient (Wildman–Crippen LogP) is 2.17. The van der Waals surface area contributed by atoms with Gasteiger partial charge in [0.05, 0.1) is 16.3 Å². The van der Waals surface area contributed by atoms with Crippen molar-refractivity contribution < 1.29 is 8.42 Å². The highest BCUT2D eigenvalue weighted by atomic mass is 32.2. The van der Waals surface area contributed by atoms with Crippen molar-refractivity contribution in [2.45, 2.75) is 37.5 Å². The number of hydrogen-bond acceptors (Lipinski definition) is 4. The third kappa shape index (κ3) is 3.24. The van der Waals surface area contributed by atoms with Crippen LogP contribution in [0.25, 0.3) is 0 Å². The summed E-state index contributed by atoms with van der Waals surface area (Å²) in [7, 11) is -2.05. The summed E-state index contributed by atoms with van der Waals surface area (Å²) in [5, 5.41) is 3.35. The Morgan fingerprint density at radius 3 is 2.50 bits per heavy atom. The number of benzene rings is 1. The Hall–Kier alpha value is -1.27. The molecule has 0 amide bonds. The van der Waals surface area contributed by atoms with Crippen molar-refractivity contribution in [1.82, 2.24) is 4.72 Å². The first-order chi connectivity index (χ1) is 9.36. The van der Waals surface area contributed by atoms with Crippen LogP contribution in [0, 0.1) is 5.41 Å². The van der Waals surface area contributed by atoms with Crippen LogP contribution in [-0.4, -0.2) is 22.0 Å². The molecule has 4 N–H and O–H groups in total. The molecule has 0 bridgehead atoms. The van der Waals surface area contributed by atoms with Crippen molar-refractivity contribution in [1.29, 1.82) is 0 Å². The number of hydrogen-bond donors (Lipinski definition) is 3. The van der Waals surface area contributed by atoms with E-state index < -0.39 is 10.0 Å². The number of nitrogens with two attached hydrogens (primary N) is 1. The fraction of sp³-hybridized carbons (Fsp3) is 0.571. The molecule has 0 heterocycles. The first-order valence-corrected chi connectivity index (χ1v) is 8.42. The van der Waals surface area contributed by atoms with E-state index in [-0.39, 0.29) is 4.90 Å². The van der Waals surface area contributed by atoms with Gasteiger partial charge in [0.15, 0.2) is 0 Å². The molecule has 0 aromatic heterocycles. The minimum absolute atomic E-state index is 0.190. The SMILES string of the molecule is CNS(=O)(=O)c1ccc(NCC2(C)CCCC2)c(N)c1. The molecule has 1 aromatic carbocycles. The van der Waals surface area contributed by atoms with Crippen molar-refractivity contribution in [3.63, 3.8) is 0 Å². The van der Waals surface area contributed by atoms with E-state index in [9.17, 15) is 8.42 Å². The van der Waals surface area contributed by atoms with Gasteiger partial charge >= 0.3 is 0 Å². The lowest BCUT2D eigenvalue weighted by Crippen LogP contribution is -2.23. The number of nitrogen functional groups attached to an aromatic ring is 1. The zero-order valence-electron chi connectivity index (χ0n) is 12.1. The first kappa shape index (κ1) is 15.1. The summed E-state index contributed by atoms with van der Waals surface area (Å²) < 4.78 is 25.7. The maximum Gasteiger partial charge on any atom is 0.240 e. The number of sulfonamides is 1. The average molecular weight is 297 g/mol. The van der Waals surface area contributed by atoms with Crippen molar-refractivity contribution in [3.05, 3.63) is 18.2 Å². The molecule has 1 fully saturated rings. The highest BCUT2D eigenvalue weighted by molar-refractivity contribution is 7.89.